The van der Waals surface area contributed by atoms with Crippen LogP contribution in [0.4, 0.5) is 4.39 Å². The van der Waals surface area contributed by atoms with Gasteiger partial charge in [0.25, 0.3) is 0 Å². The summed E-state index contributed by atoms with van der Waals surface area (Å²) in [6, 6.07) is 2.13. The molecule has 14 heavy (non-hydrogen) atoms. The van der Waals surface area contributed by atoms with Gasteiger partial charge in [0, 0.05) is 0 Å². The van der Waals surface area contributed by atoms with E-state index in [9.17, 15) is 9.18 Å². The highest BCUT2D eigenvalue weighted by Gasteiger charge is 2.14. The maximum atomic E-state index is 13.0. The molecule has 0 radical (unpaired) electrons. The molecule has 0 aliphatic carbocycles. The monoisotopic (exact) mass is 236 g/mol. The third-order valence-electron chi connectivity index (χ3n) is 1.51. The molecule has 0 bridgehead atoms. The predicted octanol–water partition coefficient (Wildman–Crippen LogP) is 3.31. The third kappa shape index (κ3) is 2.36. The Hall–Kier alpha value is -0.800. The molecule has 0 spiro atoms. The molecule has 1 rings (SSSR count). The second-order valence-electron chi connectivity index (χ2n) is 2.47. The van der Waals surface area contributed by atoms with Crippen molar-refractivity contribution in [1.29, 1.82) is 0 Å². The quantitative estimate of drug-likeness (QED) is 0.582. The minimum absolute atomic E-state index is 0.0181. The first-order chi connectivity index (χ1) is 6.56. The van der Waals surface area contributed by atoms with E-state index >= 15 is 0 Å². The number of carbonyl (C=O) groups is 1. The molecule has 0 saturated heterocycles. The summed E-state index contributed by atoms with van der Waals surface area (Å²) in [7, 11) is 0. The average molecular weight is 237 g/mol. The molecule has 5 heteroatoms. The molecule has 0 aliphatic rings. The lowest BCUT2D eigenvalue weighted by molar-refractivity contribution is 0.0526. The molecule has 0 atom stereocenters. The molecule has 76 valence electrons. The van der Waals surface area contributed by atoms with Crippen LogP contribution >= 0.6 is 23.2 Å². The first-order valence-electron chi connectivity index (χ1n) is 3.88. The number of benzene rings is 1. The van der Waals surface area contributed by atoms with Gasteiger partial charge >= 0.3 is 5.97 Å². The van der Waals surface area contributed by atoms with Gasteiger partial charge in [0.1, 0.15) is 5.82 Å². The molecule has 0 fully saturated rings. The van der Waals surface area contributed by atoms with Crippen molar-refractivity contribution in [2.24, 2.45) is 0 Å². The van der Waals surface area contributed by atoms with Gasteiger partial charge in [-0.3, -0.25) is 0 Å². The van der Waals surface area contributed by atoms with Crippen molar-refractivity contribution in [2.45, 2.75) is 6.92 Å². The summed E-state index contributed by atoms with van der Waals surface area (Å²) in [5.74, 6) is -1.35. The zero-order valence-electron chi connectivity index (χ0n) is 7.31. The van der Waals surface area contributed by atoms with Crippen LogP contribution in [0.15, 0.2) is 12.1 Å². The Kier molecular flexibility index (Phi) is 3.72. The maximum Gasteiger partial charge on any atom is 0.339 e. The molecule has 0 N–H and O–H groups in total. The summed E-state index contributed by atoms with van der Waals surface area (Å²) in [6.45, 7) is 1.86. The van der Waals surface area contributed by atoms with Gasteiger partial charge in [0.05, 0.1) is 22.2 Å². The van der Waals surface area contributed by atoms with Crippen molar-refractivity contribution in [2.75, 3.05) is 6.61 Å². The van der Waals surface area contributed by atoms with E-state index in [-0.39, 0.29) is 22.2 Å². The van der Waals surface area contributed by atoms with Crippen LogP contribution < -0.4 is 0 Å². The average Bonchev–Trinajstić information content (AvgIpc) is 2.11. The Bertz CT molecular complexity index is 366. The van der Waals surface area contributed by atoms with Gasteiger partial charge in [0.15, 0.2) is 0 Å². The summed E-state index contributed by atoms with van der Waals surface area (Å²) in [5, 5.41) is -0.0436. The second-order valence-corrected chi connectivity index (χ2v) is 3.28. The molecular formula is C9H7Cl2FO2. The Balaban J connectivity index is 3.09. The van der Waals surface area contributed by atoms with E-state index in [1.165, 1.54) is 6.07 Å². The van der Waals surface area contributed by atoms with E-state index in [1.54, 1.807) is 6.92 Å². The maximum absolute atomic E-state index is 13.0. The highest BCUT2D eigenvalue weighted by molar-refractivity contribution is 6.36. The van der Waals surface area contributed by atoms with Gasteiger partial charge in [0.2, 0.25) is 0 Å². The van der Waals surface area contributed by atoms with Crippen molar-refractivity contribution in [3.05, 3.63) is 33.6 Å². The summed E-state index contributed by atoms with van der Waals surface area (Å²) >= 11 is 11.1. The van der Waals surface area contributed by atoms with Crippen molar-refractivity contribution in [1.82, 2.24) is 0 Å². The van der Waals surface area contributed by atoms with Crippen LogP contribution in [0.2, 0.25) is 10.0 Å². The summed E-state index contributed by atoms with van der Waals surface area (Å²) in [6.07, 6.45) is 0. The number of ether oxygens (including phenoxy) is 1. The molecule has 0 saturated carbocycles. The van der Waals surface area contributed by atoms with Crippen LogP contribution in [0.3, 0.4) is 0 Å². The van der Waals surface area contributed by atoms with Gasteiger partial charge in [-0.15, -0.1) is 0 Å². The number of esters is 1. The molecule has 0 aliphatic heterocycles. The van der Waals surface area contributed by atoms with E-state index in [0.29, 0.717) is 0 Å². The molecular weight excluding hydrogens is 230 g/mol. The highest BCUT2D eigenvalue weighted by atomic mass is 35.5. The van der Waals surface area contributed by atoms with Crippen LogP contribution in [-0.2, 0) is 4.74 Å². The Morgan fingerprint density at radius 2 is 2.07 bits per heavy atom. The predicted molar refractivity (Wildman–Crippen MR) is 52.4 cm³/mol. The molecule has 0 unspecified atom stereocenters. The lowest BCUT2D eigenvalue weighted by atomic mass is 10.2. The lowest BCUT2D eigenvalue weighted by Crippen LogP contribution is -2.05. The molecule has 1 aromatic carbocycles. The highest BCUT2D eigenvalue weighted by Crippen LogP contribution is 2.24. The van der Waals surface area contributed by atoms with E-state index in [2.05, 4.69) is 4.74 Å². The Labute approximate surface area is 90.6 Å². The van der Waals surface area contributed by atoms with Crippen LogP contribution in [-0.4, -0.2) is 12.6 Å². The zero-order valence-corrected chi connectivity index (χ0v) is 8.82. The van der Waals surface area contributed by atoms with Gasteiger partial charge in [-0.2, -0.15) is 0 Å². The van der Waals surface area contributed by atoms with Gasteiger partial charge in [-0.25, -0.2) is 9.18 Å². The van der Waals surface area contributed by atoms with Crippen LogP contribution in [0.1, 0.15) is 17.3 Å². The smallest absolute Gasteiger partial charge is 0.339 e. The Morgan fingerprint density at radius 1 is 1.43 bits per heavy atom. The van der Waals surface area contributed by atoms with Gasteiger partial charge in [-0.05, 0) is 19.1 Å². The molecule has 2 nitrogen and oxygen atoms in total. The number of carbonyl (C=O) groups excluding carboxylic acids is 1. The SMILES string of the molecule is CCOC(=O)c1cc(F)c(Cl)cc1Cl. The minimum atomic E-state index is -0.695. The Morgan fingerprint density at radius 3 is 2.64 bits per heavy atom. The molecule has 0 heterocycles. The normalized spacial score (nSPS) is 10.0. The number of hydrogen-bond acceptors (Lipinski definition) is 2. The lowest BCUT2D eigenvalue weighted by Gasteiger charge is -2.04. The van der Waals surface area contributed by atoms with Gasteiger partial charge < -0.3 is 4.74 Å². The van der Waals surface area contributed by atoms with Crippen molar-refractivity contribution in [3.8, 4) is 0 Å². The van der Waals surface area contributed by atoms with E-state index in [4.69, 9.17) is 23.2 Å². The third-order valence-corrected chi connectivity index (χ3v) is 2.11. The summed E-state index contributed by atoms with van der Waals surface area (Å²) in [4.78, 5) is 11.2. The van der Waals surface area contributed by atoms with E-state index < -0.39 is 11.8 Å². The summed E-state index contributed by atoms with van der Waals surface area (Å²) in [5.41, 5.74) is -0.0181. The van der Waals surface area contributed by atoms with Crippen LogP contribution in [0.25, 0.3) is 0 Å². The number of hydrogen-bond donors (Lipinski definition) is 0. The van der Waals surface area contributed by atoms with Crippen molar-refractivity contribution >= 4 is 29.2 Å². The number of halogens is 3. The zero-order chi connectivity index (χ0) is 10.7. The summed E-state index contributed by atoms with van der Waals surface area (Å²) < 4.78 is 17.6. The fourth-order valence-electron chi connectivity index (χ4n) is 0.888. The first-order valence-corrected chi connectivity index (χ1v) is 4.63. The van der Waals surface area contributed by atoms with Gasteiger partial charge in [-0.1, -0.05) is 23.2 Å². The van der Waals surface area contributed by atoms with Crippen LogP contribution in [0, 0.1) is 5.82 Å². The molecule has 1 aromatic rings. The topological polar surface area (TPSA) is 26.3 Å². The van der Waals surface area contributed by atoms with Crippen LogP contribution in [0.5, 0.6) is 0 Å². The standard InChI is InChI=1S/C9H7Cl2FO2/c1-2-14-9(13)5-3-8(12)7(11)4-6(5)10/h3-4H,2H2,1H3. The van der Waals surface area contributed by atoms with E-state index in [1.807, 2.05) is 0 Å². The molecule has 0 aromatic heterocycles. The fourth-order valence-corrected chi connectivity index (χ4v) is 1.35. The fraction of sp³-hybridized carbons (Fsp3) is 0.222. The molecule has 0 amide bonds. The first kappa shape index (κ1) is 11.3. The van der Waals surface area contributed by atoms with E-state index in [0.717, 1.165) is 6.07 Å². The van der Waals surface area contributed by atoms with Crippen molar-refractivity contribution < 1.29 is 13.9 Å². The minimum Gasteiger partial charge on any atom is -0.462 e. The second kappa shape index (κ2) is 4.62. The van der Waals surface area contributed by atoms with Crippen molar-refractivity contribution in [3.63, 3.8) is 0 Å². The largest absolute Gasteiger partial charge is 0.462 e. The number of rotatable bonds is 2.